The molecule has 118 valence electrons. The minimum Gasteiger partial charge on any atom is -0.306 e. The number of Topliss-reactive ketones (excluding diaryl/α,β-unsaturated/α-hetero) is 1. The Hall–Kier alpha value is -1.41. The number of benzene rings is 1. The summed E-state index contributed by atoms with van der Waals surface area (Å²) >= 11 is 0. The molecule has 2 aliphatic rings. The van der Waals surface area contributed by atoms with Gasteiger partial charge in [0.25, 0.3) is 0 Å². The van der Waals surface area contributed by atoms with Gasteiger partial charge in [0, 0.05) is 17.9 Å². The van der Waals surface area contributed by atoms with Crippen LogP contribution in [0.15, 0.2) is 23.8 Å². The average Bonchev–Trinajstić information content (AvgIpc) is 2.89. The number of allylic oxidation sites excluding steroid dienone is 1. The first-order valence-electron chi connectivity index (χ1n) is 8.41. The van der Waals surface area contributed by atoms with E-state index in [0.29, 0.717) is 5.78 Å². The second kappa shape index (κ2) is 5.66. The van der Waals surface area contributed by atoms with Crippen molar-refractivity contribution in [3.05, 3.63) is 40.5 Å². The fraction of sp³-hybridized carbons (Fsp3) is 0.550. The number of fused-ring (bicyclic) bond motifs is 1. The second-order valence-corrected chi connectivity index (χ2v) is 7.95. The molecule has 0 aromatic heterocycles. The summed E-state index contributed by atoms with van der Waals surface area (Å²) in [4.78, 5) is 15.1. The van der Waals surface area contributed by atoms with Crippen LogP contribution in [0, 0.1) is 5.92 Å². The van der Waals surface area contributed by atoms with Crippen molar-refractivity contribution in [3.8, 4) is 0 Å². The fourth-order valence-electron chi connectivity index (χ4n) is 3.49. The summed E-state index contributed by atoms with van der Waals surface area (Å²) < 4.78 is 0. The highest BCUT2D eigenvalue weighted by Gasteiger charge is 2.28. The SMILES string of the molecule is CN1CCC(C(=O)C2=Cc3cc(C(C)(C)C)ccc3C2)CC1. The van der Waals surface area contributed by atoms with Crippen molar-refractivity contribution in [1.29, 1.82) is 0 Å². The summed E-state index contributed by atoms with van der Waals surface area (Å²) in [5, 5.41) is 0. The highest BCUT2D eigenvalue weighted by Crippen LogP contribution is 2.33. The molecule has 2 nitrogen and oxygen atoms in total. The van der Waals surface area contributed by atoms with Crippen LogP contribution in [0.25, 0.3) is 6.08 Å². The minimum atomic E-state index is 0.156. The van der Waals surface area contributed by atoms with Crippen LogP contribution >= 0.6 is 0 Å². The Labute approximate surface area is 134 Å². The van der Waals surface area contributed by atoms with Gasteiger partial charge < -0.3 is 4.90 Å². The summed E-state index contributed by atoms with van der Waals surface area (Å²) in [6.07, 6.45) is 4.99. The van der Waals surface area contributed by atoms with E-state index in [2.05, 4.69) is 57.0 Å². The van der Waals surface area contributed by atoms with E-state index in [1.54, 1.807) is 0 Å². The molecule has 0 N–H and O–H groups in total. The highest BCUT2D eigenvalue weighted by molar-refractivity contribution is 6.03. The number of hydrogen-bond acceptors (Lipinski definition) is 2. The van der Waals surface area contributed by atoms with Gasteiger partial charge in [0.2, 0.25) is 0 Å². The molecule has 1 fully saturated rings. The Morgan fingerprint density at radius 3 is 2.50 bits per heavy atom. The van der Waals surface area contributed by atoms with Crippen molar-refractivity contribution >= 4 is 11.9 Å². The smallest absolute Gasteiger partial charge is 0.162 e. The molecular weight excluding hydrogens is 270 g/mol. The van der Waals surface area contributed by atoms with Gasteiger partial charge in [0.05, 0.1) is 0 Å². The van der Waals surface area contributed by atoms with E-state index in [1.165, 1.54) is 16.7 Å². The number of nitrogens with zero attached hydrogens (tertiary/aromatic N) is 1. The maximum absolute atomic E-state index is 12.8. The molecule has 0 atom stereocenters. The molecule has 0 saturated carbocycles. The van der Waals surface area contributed by atoms with Crippen LogP contribution in [0.1, 0.15) is 50.3 Å². The first kappa shape index (κ1) is 15.5. The molecule has 1 aliphatic heterocycles. The van der Waals surface area contributed by atoms with Crippen molar-refractivity contribution in [1.82, 2.24) is 4.90 Å². The van der Waals surface area contributed by atoms with E-state index in [-0.39, 0.29) is 11.3 Å². The lowest BCUT2D eigenvalue weighted by Gasteiger charge is -2.28. The van der Waals surface area contributed by atoms with E-state index >= 15 is 0 Å². The van der Waals surface area contributed by atoms with Gasteiger partial charge in [-0.2, -0.15) is 0 Å². The fourth-order valence-corrected chi connectivity index (χ4v) is 3.49. The minimum absolute atomic E-state index is 0.156. The summed E-state index contributed by atoms with van der Waals surface area (Å²) in [6, 6.07) is 6.70. The largest absolute Gasteiger partial charge is 0.306 e. The molecule has 1 aliphatic carbocycles. The van der Waals surface area contributed by atoms with Crippen molar-refractivity contribution in [2.75, 3.05) is 20.1 Å². The van der Waals surface area contributed by atoms with Gasteiger partial charge in [0.1, 0.15) is 0 Å². The monoisotopic (exact) mass is 297 g/mol. The summed E-state index contributed by atoms with van der Waals surface area (Å²) in [5.74, 6) is 0.625. The first-order valence-corrected chi connectivity index (χ1v) is 8.41. The van der Waals surface area contributed by atoms with E-state index in [0.717, 1.165) is 37.9 Å². The first-order chi connectivity index (χ1) is 10.3. The Morgan fingerprint density at radius 1 is 1.18 bits per heavy atom. The summed E-state index contributed by atoms with van der Waals surface area (Å²) in [6.45, 7) is 8.80. The molecule has 0 radical (unpaired) electrons. The zero-order valence-corrected chi connectivity index (χ0v) is 14.3. The standard InChI is InChI=1S/C20H27NO/c1-20(2,3)18-6-5-15-11-17(12-16(15)13-18)19(22)14-7-9-21(4)10-8-14/h5-6,12-14H,7-11H2,1-4H3. The van der Waals surface area contributed by atoms with Gasteiger partial charge in [-0.3, -0.25) is 4.79 Å². The van der Waals surface area contributed by atoms with E-state index in [1.807, 2.05) is 0 Å². The van der Waals surface area contributed by atoms with Crippen molar-refractivity contribution in [2.24, 2.45) is 5.92 Å². The van der Waals surface area contributed by atoms with Gasteiger partial charge in [-0.15, -0.1) is 0 Å². The number of carbonyl (C=O) groups excluding carboxylic acids is 1. The van der Waals surface area contributed by atoms with Crippen LogP contribution < -0.4 is 0 Å². The highest BCUT2D eigenvalue weighted by atomic mass is 16.1. The van der Waals surface area contributed by atoms with Gasteiger partial charge in [-0.1, -0.05) is 39.0 Å². The molecule has 1 heterocycles. The molecular formula is C20H27NO. The molecule has 1 aromatic rings. The number of rotatable bonds is 2. The molecule has 0 spiro atoms. The van der Waals surface area contributed by atoms with E-state index in [4.69, 9.17) is 0 Å². The zero-order valence-electron chi connectivity index (χ0n) is 14.3. The zero-order chi connectivity index (χ0) is 15.9. The summed E-state index contributed by atoms with van der Waals surface area (Å²) in [5.41, 5.74) is 5.09. The normalized spacial score (nSPS) is 19.9. The molecule has 1 saturated heterocycles. The van der Waals surface area contributed by atoms with Crippen molar-refractivity contribution in [3.63, 3.8) is 0 Å². The average molecular weight is 297 g/mol. The predicted octanol–water partition coefficient (Wildman–Crippen LogP) is 3.83. The van der Waals surface area contributed by atoms with E-state index < -0.39 is 0 Å². The Bertz CT molecular complexity index is 613. The number of likely N-dealkylation sites (tertiary alicyclic amines) is 1. The quantitative estimate of drug-likeness (QED) is 0.827. The number of piperidine rings is 1. The van der Waals surface area contributed by atoms with Crippen LogP contribution in [0.4, 0.5) is 0 Å². The predicted molar refractivity (Wildman–Crippen MR) is 92.1 cm³/mol. The topological polar surface area (TPSA) is 20.3 Å². The van der Waals surface area contributed by atoms with Crippen LogP contribution in [-0.2, 0) is 16.6 Å². The van der Waals surface area contributed by atoms with Gasteiger partial charge >= 0.3 is 0 Å². The third kappa shape index (κ3) is 3.03. The maximum Gasteiger partial charge on any atom is 0.162 e. The summed E-state index contributed by atoms with van der Waals surface area (Å²) in [7, 11) is 2.14. The van der Waals surface area contributed by atoms with Crippen molar-refractivity contribution < 1.29 is 4.79 Å². The number of carbonyl (C=O) groups is 1. The van der Waals surface area contributed by atoms with E-state index in [9.17, 15) is 4.79 Å². The van der Waals surface area contributed by atoms with Gasteiger partial charge in [0.15, 0.2) is 5.78 Å². The maximum atomic E-state index is 12.8. The van der Waals surface area contributed by atoms with Crippen LogP contribution in [0.2, 0.25) is 0 Å². The van der Waals surface area contributed by atoms with Gasteiger partial charge in [-0.25, -0.2) is 0 Å². The van der Waals surface area contributed by atoms with Crippen LogP contribution in [-0.4, -0.2) is 30.8 Å². The lowest BCUT2D eigenvalue weighted by atomic mass is 9.85. The number of ketones is 1. The second-order valence-electron chi connectivity index (χ2n) is 7.95. The Balaban J connectivity index is 1.78. The molecule has 0 bridgehead atoms. The molecule has 22 heavy (non-hydrogen) atoms. The van der Waals surface area contributed by atoms with Gasteiger partial charge in [-0.05, 0) is 61.2 Å². The lowest BCUT2D eigenvalue weighted by molar-refractivity contribution is -0.120. The molecule has 2 heteroatoms. The molecule has 0 unspecified atom stereocenters. The Kier molecular flexibility index (Phi) is 3.98. The molecule has 1 aromatic carbocycles. The third-order valence-electron chi connectivity index (χ3n) is 5.13. The van der Waals surface area contributed by atoms with Crippen LogP contribution in [0.3, 0.4) is 0 Å². The Morgan fingerprint density at radius 2 is 1.86 bits per heavy atom. The molecule has 0 amide bonds. The van der Waals surface area contributed by atoms with Crippen molar-refractivity contribution in [2.45, 2.75) is 45.4 Å². The third-order valence-corrected chi connectivity index (χ3v) is 5.13. The molecule has 3 rings (SSSR count). The lowest BCUT2D eigenvalue weighted by Crippen LogP contribution is -2.34. The van der Waals surface area contributed by atoms with Crippen LogP contribution in [0.5, 0.6) is 0 Å². The number of hydrogen-bond donors (Lipinski definition) is 0.